The summed E-state index contributed by atoms with van der Waals surface area (Å²) < 4.78 is 4.94. The van der Waals surface area contributed by atoms with Crippen LogP contribution in [-0.2, 0) is 4.74 Å². The Balaban J connectivity index is 1.91. The molecule has 0 spiro atoms. The molecule has 1 aliphatic rings. The number of hydrogen-bond acceptors (Lipinski definition) is 3. The number of anilines is 1. The Morgan fingerprint density at radius 2 is 2.17 bits per heavy atom. The molecule has 6 heteroatoms. The minimum atomic E-state index is -0.388. The standard InChI is InChI=1S/C18H28N4O2/c1-4-24-18(23)22-16(13-8-9-13)11-20-17(19)21-15-7-5-6-14(10-15)12(2)3/h5-7,10,12-13,16H,4,8-9,11H2,1-3H3,(H,22,23)(H3,19,20,21). The van der Waals surface area contributed by atoms with Gasteiger partial charge in [-0.25, -0.2) is 4.79 Å². The number of rotatable bonds is 7. The molecule has 0 bridgehead atoms. The fourth-order valence-electron chi connectivity index (χ4n) is 2.49. The Kier molecular flexibility index (Phi) is 6.46. The Morgan fingerprint density at radius 3 is 2.79 bits per heavy atom. The number of hydrogen-bond donors (Lipinski definition) is 3. The molecule has 4 N–H and O–H groups in total. The highest BCUT2D eigenvalue weighted by molar-refractivity contribution is 5.92. The van der Waals surface area contributed by atoms with Crippen molar-refractivity contribution in [1.29, 1.82) is 0 Å². The molecule has 0 aliphatic heterocycles. The second-order valence-electron chi connectivity index (χ2n) is 6.44. The summed E-state index contributed by atoms with van der Waals surface area (Å²) in [6.45, 7) is 6.90. The number of nitrogens with one attached hydrogen (secondary N) is 2. The summed E-state index contributed by atoms with van der Waals surface area (Å²) in [6.07, 6.45) is 1.83. The molecule has 1 aliphatic carbocycles. The molecule has 132 valence electrons. The first-order chi connectivity index (χ1) is 11.5. The first-order valence-corrected chi connectivity index (χ1v) is 8.59. The lowest BCUT2D eigenvalue weighted by Gasteiger charge is -2.16. The first-order valence-electron chi connectivity index (χ1n) is 8.59. The highest BCUT2D eigenvalue weighted by Crippen LogP contribution is 2.32. The van der Waals surface area contributed by atoms with Crippen LogP contribution in [0.25, 0.3) is 0 Å². The van der Waals surface area contributed by atoms with Gasteiger partial charge in [-0.15, -0.1) is 0 Å². The maximum atomic E-state index is 11.6. The SMILES string of the molecule is CCOC(=O)NC(CN=C(N)Nc1cccc(C(C)C)c1)C1CC1. The van der Waals surface area contributed by atoms with E-state index < -0.39 is 0 Å². The topological polar surface area (TPSA) is 88.7 Å². The zero-order valence-electron chi connectivity index (χ0n) is 14.7. The Hall–Kier alpha value is -2.24. The maximum absolute atomic E-state index is 11.6. The van der Waals surface area contributed by atoms with Gasteiger partial charge in [0.1, 0.15) is 0 Å². The van der Waals surface area contributed by atoms with Gasteiger partial charge < -0.3 is 21.1 Å². The molecule has 0 radical (unpaired) electrons. The van der Waals surface area contributed by atoms with Gasteiger partial charge in [0.2, 0.25) is 0 Å². The van der Waals surface area contributed by atoms with Crippen LogP contribution in [0.2, 0.25) is 0 Å². The van der Waals surface area contributed by atoms with E-state index >= 15 is 0 Å². The van der Waals surface area contributed by atoms with Crippen molar-refractivity contribution in [2.24, 2.45) is 16.6 Å². The molecule has 1 aromatic carbocycles. The summed E-state index contributed by atoms with van der Waals surface area (Å²) in [5, 5.41) is 5.99. The minimum absolute atomic E-state index is 0.0219. The van der Waals surface area contributed by atoms with Crippen LogP contribution in [0.4, 0.5) is 10.5 Å². The smallest absolute Gasteiger partial charge is 0.407 e. The Labute approximate surface area is 143 Å². The summed E-state index contributed by atoms with van der Waals surface area (Å²) in [4.78, 5) is 16.0. The van der Waals surface area contributed by atoms with Crippen molar-refractivity contribution >= 4 is 17.7 Å². The number of carbonyl (C=O) groups is 1. The van der Waals surface area contributed by atoms with Crippen molar-refractivity contribution in [2.45, 2.75) is 45.6 Å². The molecule has 1 aromatic rings. The minimum Gasteiger partial charge on any atom is -0.450 e. The van der Waals surface area contributed by atoms with Crippen molar-refractivity contribution in [3.8, 4) is 0 Å². The summed E-state index contributed by atoms with van der Waals surface area (Å²) in [5.41, 5.74) is 8.15. The number of benzene rings is 1. The molecule has 1 unspecified atom stereocenters. The molecule has 1 fully saturated rings. The summed E-state index contributed by atoms with van der Waals surface area (Å²) in [7, 11) is 0. The van der Waals surface area contributed by atoms with Crippen molar-refractivity contribution in [1.82, 2.24) is 5.32 Å². The molecule has 0 heterocycles. The fourth-order valence-corrected chi connectivity index (χ4v) is 2.49. The average molecular weight is 332 g/mol. The lowest BCUT2D eigenvalue weighted by atomic mass is 10.0. The summed E-state index contributed by atoms with van der Waals surface area (Å²) in [5.74, 6) is 1.28. The average Bonchev–Trinajstić information content (AvgIpc) is 3.36. The van der Waals surface area contributed by atoms with E-state index in [9.17, 15) is 4.79 Å². The molecular weight excluding hydrogens is 304 g/mol. The van der Waals surface area contributed by atoms with Gasteiger partial charge in [-0.3, -0.25) is 4.99 Å². The van der Waals surface area contributed by atoms with Gasteiger partial charge in [0.25, 0.3) is 0 Å². The van der Waals surface area contributed by atoms with Crippen molar-refractivity contribution in [3.05, 3.63) is 29.8 Å². The third-order valence-corrected chi connectivity index (χ3v) is 4.05. The Bertz CT molecular complexity index is 582. The lowest BCUT2D eigenvalue weighted by Crippen LogP contribution is -2.39. The van der Waals surface area contributed by atoms with Gasteiger partial charge in [-0.2, -0.15) is 0 Å². The van der Waals surface area contributed by atoms with E-state index in [0.29, 0.717) is 30.9 Å². The number of ether oxygens (including phenoxy) is 1. The number of carbonyl (C=O) groups excluding carboxylic acids is 1. The third kappa shape index (κ3) is 5.76. The molecule has 1 amide bonds. The zero-order chi connectivity index (χ0) is 17.5. The van der Waals surface area contributed by atoms with Gasteiger partial charge in [0, 0.05) is 5.69 Å². The second kappa shape index (κ2) is 8.57. The largest absolute Gasteiger partial charge is 0.450 e. The van der Waals surface area contributed by atoms with E-state index in [1.165, 1.54) is 5.56 Å². The number of amides is 1. The van der Waals surface area contributed by atoms with Gasteiger partial charge >= 0.3 is 6.09 Å². The quantitative estimate of drug-likeness (QED) is 0.529. The third-order valence-electron chi connectivity index (χ3n) is 4.05. The van der Waals surface area contributed by atoms with Crippen molar-refractivity contribution in [2.75, 3.05) is 18.5 Å². The van der Waals surface area contributed by atoms with Crippen LogP contribution in [0, 0.1) is 5.92 Å². The summed E-state index contributed by atoms with van der Waals surface area (Å²) in [6, 6.07) is 8.10. The number of guanidine groups is 1. The van der Waals surface area contributed by atoms with Gasteiger partial charge in [0.15, 0.2) is 5.96 Å². The van der Waals surface area contributed by atoms with E-state index in [0.717, 1.165) is 18.5 Å². The van der Waals surface area contributed by atoms with E-state index in [4.69, 9.17) is 10.5 Å². The molecule has 6 nitrogen and oxygen atoms in total. The molecule has 0 aromatic heterocycles. The number of nitrogens with two attached hydrogens (primary N) is 1. The molecular formula is C18H28N4O2. The van der Waals surface area contributed by atoms with Crippen molar-refractivity contribution in [3.63, 3.8) is 0 Å². The number of alkyl carbamates (subject to hydrolysis) is 1. The van der Waals surface area contributed by atoms with Crippen LogP contribution >= 0.6 is 0 Å². The molecule has 2 rings (SSSR count). The van der Waals surface area contributed by atoms with Gasteiger partial charge in [0.05, 0.1) is 19.2 Å². The maximum Gasteiger partial charge on any atom is 0.407 e. The van der Waals surface area contributed by atoms with E-state index in [-0.39, 0.29) is 12.1 Å². The second-order valence-corrected chi connectivity index (χ2v) is 6.44. The monoisotopic (exact) mass is 332 g/mol. The van der Waals surface area contributed by atoms with Crippen LogP contribution in [0.1, 0.15) is 45.1 Å². The predicted octanol–water partition coefficient (Wildman–Crippen LogP) is 3.06. The number of aliphatic imine (C=N–C) groups is 1. The Morgan fingerprint density at radius 1 is 1.42 bits per heavy atom. The van der Waals surface area contributed by atoms with Crippen molar-refractivity contribution < 1.29 is 9.53 Å². The lowest BCUT2D eigenvalue weighted by molar-refractivity contribution is 0.147. The highest BCUT2D eigenvalue weighted by atomic mass is 16.5. The normalized spacial score (nSPS) is 15.9. The van der Waals surface area contributed by atoms with E-state index in [1.807, 2.05) is 12.1 Å². The summed E-state index contributed by atoms with van der Waals surface area (Å²) >= 11 is 0. The van der Waals surface area contributed by atoms with Crippen LogP contribution in [0.3, 0.4) is 0 Å². The van der Waals surface area contributed by atoms with Gasteiger partial charge in [-0.1, -0.05) is 26.0 Å². The molecule has 0 saturated heterocycles. The molecule has 1 atom stereocenters. The fraction of sp³-hybridized carbons (Fsp3) is 0.556. The van der Waals surface area contributed by atoms with E-state index in [2.05, 4.69) is 41.6 Å². The van der Waals surface area contributed by atoms with Crippen LogP contribution in [0.5, 0.6) is 0 Å². The molecule has 1 saturated carbocycles. The van der Waals surface area contributed by atoms with Crippen LogP contribution in [-0.4, -0.2) is 31.2 Å². The highest BCUT2D eigenvalue weighted by Gasteiger charge is 2.32. The number of nitrogens with zero attached hydrogens (tertiary/aromatic N) is 1. The zero-order valence-corrected chi connectivity index (χ0v) is 14.7. The predicted molar refractivity (Wildman–Crippen MR) is 97.3 cm³/mol. The first kappa shape index (κ1) is 18.1. The van der Waals surface area contributed by atoms with Gasteiger partial charge in [-0.05, 0) is 49.3 Å². The molecule has 24 heavy (non-hydrogen) atoms. The van der Waals surface area contributed by atoms with E-state index in [1.54, 1.807) is 6.92 Å². The van der Waals surface area contributed by atoms with Crippen LogP contribution in [0.15, 0.2) is 29.3 Å². The van der Waals surface area contributed by atoms with Crippen LogP contribution < -0.4 is 16.4 Å².